The van der Waals surface area contributed by atoms with E-state index in [1.165, 1.54) is 0 Å². The molecule has 0 unspecified atom stereocenters. The highest BCUT2D eigenvalue weighted by atomic mass is 79.9. The van der Waals surface area contributed by atoms with E-state index in [1.807, 2.05) is 25.1 Å². The molecule has 4 heteroatoms. The summed E-state index contributed by atoms with van der Waals surface area (Å²) in [6, 6.07) is 5.65. The van der Waals surface area contributed by atoms with Crippen molar-refractivity contribution in [1.82, 2.24) is 5.32 Å². The molecule has 2 nitrogen and oxygen atoms in total. The number of amides is 1. The molecule has 17 heavy (non-hydrogen) atoms. The van der Waals surface area contributed by atoms with E-state index in [9.17, 15) is 4.79 Å². The first-order chi connectivity index (χ1) is 8.15. The highest BCUT2D eigenvalue weighted by molar-refractivity contribution is 9.10. The third-order valence-electron chi connectivity index (χ3n) is 2.52. The third kappa shape index (κ3) is 5.21. The minimum absolute atomic E-state index is 0.0134. The Kier molecular flexibility index (Phi) is 6.82. The first-order valence-corrected chi connectivity index (χ1v) is 7.67. The van der Waals surface area contributed by atoms with Gasteiger partial charge in [-0.15, -0.1) is 0 Å². The van der Waals surface area contributed by atoms with Crippen LogP contribution in [0.25, 0.3) is 0 Å². The van der Waals surface area contributed by atoms with Gasteiger partial charge < -0.3 is 5.32 Å². The second-order valence-electron chi connectivity index (χ2n) is 3.97. The Morgan fingerprint density at radius 1 is 1.29 bits per heavy atom. The normalized spacial score (nSPS) is 10.3. The zero-order valence-corrected chi connectivity index (χ0v) is 13.1. The summed E-state index contributed by atoms with van der Waals surface area (Å²) in [4.78, 5) is 11.8. The Bertz CT molecular complexity index is 380. The zero-order chi connectivity index (χ0) is 12.7. The number of carbonyl (C=O) groups is 1. The van der Waals surface area contributed by atoms with E-state index in [0.717, 1.165) is 46.7 Å². The summed E-state index contributed by atoms with van der Waals surface area (Å²) in [6.45, 7) is 2.73. The first kappa shape index (κ1) is 14.7. The lowest BCUT2D eigenvalue weighted by Gasteiger charge is -2.06. The standard InChI is InChI=1S/C13H17Br2NO/c1-10-9-11(5-6-12(10)15)13(17)16-8-4-2-3-7-14/h5-6,9H,2-4,7-8H2,1H3,(H,16,17). The van der Waals surface area contributed by atoms with Gasteiger partial charge in [0.25, 0.3) is 5.91 Å². The fourth-order valence-corrected chi connectivity index (χ4v) is 2.13. The van der Waals surface area contributed by atoms with Crippen molar-refractivity contribution in [3.8, 4) is 0 Å². The van der Waals surface area contributed by atoms with Crippen LogP contribution in [0.2, 0.25) is 0 Å². The minimum Gasteiger partial charge on any atom is -0.352 e. The molecular formula is C13H17Br2NO. The van der Waals surface area contributed by atoms with E-state index in [4.69, 9.17) is 0 Å². The summed E-state index contributed by atoms with van der Waals surface area (Å²) < 4.78 is 1.03. The Hall–Kier alpha value is -0.350. The lowest BCUT2D eigenvalue weighted by Crippen LogP contribution is -2.24. The second-order valence-corrected chi connectivity index (χ2v) is 5.62. The molecule has 1 aromatic carbocycles. The number of benzene rings is 1. The van der Waals surface area contributed by atoms with Gasteiger partial charge in [-0.1, -0.05) is 38.3 Å². The maximum absolute atomic E-state index is 11.8. The van der Waals surface area contributed by atoms with Crippen LogP contribution >= 0.6 is 31.9 Å². The van der Waals surface area contributed by atoms with Gasteiger partial charge in [-0.3, -0.25) is 4.79 Å². The second kappa shape index (κ2) is 7.88. The van der Waals surface area contributed by atoms with Crippen LogP contribution in [0, 0.1) is 6.92 Å². The summed E-state index contributed by atoms with van der Waals surface area (Å²) >= 11 is 6.81. The molecule has 0 saturated carbocycles. The maximum atomic E-state index is 11.8. The third-order valence-corrected chi connectivity index (χ3v) is 3.97. The van der Waals surface area contributed by atoms with Gasteiger partial charge in [0.1, 0.15) is 0 Å². The molecule has 0 aliphatic carbocycles. The van der Waals surface area contributed by atoms with Gasteiger partial charge in [-0.25, -0.2) is 0 Å². The van der Waals surface area contributed by atoms with E-state index >= 15 is 0 Å². The van der Waals surface area contributed by atoms with Crippen molar-refractivity contribution in [1.29, 1.82) is 0 Å². The van der Waals surface area contributed by atoms with Crippen molar-refractivity contribution in [2.24, 2.45) is 0 Å². The van der Waals surface area contributed by atoms with Crippen molar-refractivity contribution in [3.63, 3.8) is 0 Å². The van der Waals surface area contributed by atoms with Gasteiger partial charge in [-0.2, -0.15) is 0 Å². The molecule has 0 heterocycles. The molecule has 0 radical (unpaired) electrons. The van der Waals surface area contributed by atoms with Crippen LogP contribution in [-0.2, 0) is 0 Å². The Labute approximate surface area is 119 Å². The number of hydrogen-bond donors (Lipinski definition) is 1. The number of alkyl halides is 1. The number of unbranched alkanes of at least 4 members (excludes halogenated alkanes) is 2. The Balaban J connectivity index is 2.39. The zero-order valence-electron chi connectivity index (χ0n) is 9.93. The molecule has 0 bridgehead atoms. The maximum Gasteiger partial charge on any atom is 0.251 e. The summed E-state index contributed by atoms with van der Waals surface area (Å²) in [5, 5.41) is 3.97. The molecule has 0 aliphatic heterocycles. The molecular weight excluding hydrogens is 346 g/mol. The number of halogens is 2. The van der Waals surface area contributed by atoms with Crippen LogP contribution in [-0.4, -0.2) is 17.8 Å². The van der Waals surface area contributed by atoms with Gasteiger partial charge in [0.15, 0.2) is 0 Å². The number of aryl methyl sites for hydroxylation is 1. The average Bonchev–Trinajstić information content (AvgIpc) is 2.32. The van der Waals surface area contributed by atoms with E-state index in [1.54, 1.807) is 0 Å². The predicted octanol–water partition coefficient (Wildman–Crippen LogP) is 4.05. The van der Waals surface area contributed by atoms with Crippen LogP contribution in [0.4, 0.5) is 0 Å². The van der Waals surface area contributed by atoms with Crippen LogP contribution in [0.1, 0.15) is 35.2 Å². The van der Waals surface area contributed by atoms with Gasteiger partial charge >= 0.3 is 0 Å². The minimum atomic E-state index is 0.0134. The topological polar surface area (TPSA) is 29.1 Å². The SMILES string of the molecule is Cc1cc(C(=O)NCCCCCBr)ccc1Br. The van der Waals surface area contributed by atoms with Crippen LogP contribution in [0.15, 0.2) is 22.7 Å². The molecule has 0 aromatic heterocycles. The van der Waals surface area contributed by atoms with Gasteiger partial charge in [-0.05, 0) is 43.5 Å². The monoisotopic (exact) mass is 361 g/mol. The lowest BCUT2D eigenvalue weighted by molar-refractivity contribution is 0.0953. The molecule has 0 spiro atoms. The molecule has 0 aliphatic rings. The van der Waals surface area contributed by atoms with E-state index in [0.29, 0.717) is 0 Å². The van der Waals surface area contributed by atoms with Gasteiger partial charge in [0.2, 0.25) is 0 Å². The van der Waals surface area contributed by atoms with E-state index in [2.05, 4.69) is 37.2 Å². The molecule has 0 fully saturated rings. The molecule has 1 amide bonds. The average molecular weight is 363 g/mol. The molecule has 1 rings (SSSR count). The highest BCUT2D eigenvalue weighted by Crippen LogP contribution is 2.16. The summed E-state index contributed by atoms with van der Waals surface area (Å²) in [5.41, 5.74) is 1.81. The summed E-state index contributed by atoms with van der Waals surface area (Å²) in [5.74, 6) is 0.0134. The first-order valence-electron chi connectivity index (χ1n) is 5.75. The molecule has 0 atom stereocenters. The number of hydrogen-bond acceptors (Lipinski definition) is 1. The van der Waals surface area contributed by atoms with Crippen LogP contribution < -0.4 is 5.32 Å². The van der Waals surface area contributed by atoms with Gasteiger partial charge in [0.05, 0.1) is 0 Å². The molecule has 94 valence electrons. The van der Waals surface area contributed by atoms with Crippen LogP contribution in [0.5, 0.6) is 0 Å². The lowest BCUT2D eigenvalue weighted by atomic mass is 10.1. The van der Waals surface area contributed by atoms with Gasteiger partial charge in [0, 0.05) is 21.9 Å². The molecule has 1 aromatic rings. The van der Waals surface area contributed by atoms with Crippen molar-refractivity contribution in [2.75, 3.05) is 11.9 Å². The highest BCUT2D eigenvalue weighted by Gasteiger charge is 2.05. The number of nitrogens with one attached hydrogen (secondary N) is 1. The molecule has 0 saturated heterocycles. The quantitative estimate of drug-likeness (QED) is 0.600. The van der Waals surface area contributed by atoms with E-state index < -0.39 is 0 Å². The van der Waals surface area contributed by atoms with Crippen molar-refractivity contribution < 1.29 is 4.79 Å². The fraction of sp³-hybridized carbons (Fsp3) is 0.462. The summed E-state index contributed by atoms with van der Waals surface area (Å²) in [6.07, 6.45) is 3.34. The Morgan fingerprint density at radius 2 is 2.06 bits per heavy atom. The van der Waals surface area contributed by atoms with Crippen molar-refractivity contribution in [2.45, 2.75) is 26.2 Å². The Morgan fingerprint density at radius 3 is 2.71 bits per heavy atom. The molecule has 1 N–H and O–H groups in total. The van der Waals surface area contributed by atoms with Crippen molar-refractivity contribution in [3.05, 3.63) is 33.8 Å². The smallest absolute Gasteiger partial charge is 0.251 e. The number of carbonyl (C=O) groups excluding carboxylic acids is 1. The van der Waals surface area contributed by atoms with Crippen LogP contribution in [0.3, 0.4) is 0 Å². The fourth-order valence-electron chi connectivity index (χ4n) is 1.49. The predicted molar refractivity (Wildman–Crippen MR) is 78.9 cm³/mol. The number of rotatable bonds is 6. The summed E-state index contributed by atoms with van der Waals surface area (Å²) in [7, 11) is 0. The van der Waals surface area contributed by atoms with E-state index in [-0.39, 0.29) is 5.91 Å². The van der Waals surface area contributed by atoms with Crippen molar-refractivity contribution >= 4 is 37.8 Å². The largest absolute Gasteiger partial charge is 0.352 e.